The molecule has 0 saturated heterocycles. The molecule has 0 amide bonds. The number of unbranched alkanes of at least 4 members (excludes halogenated alkanes) is 9. The molecule has 5 nitrogen and oxygen atoms in total. The van der Waals surface area contributed by atoms with Gasteiger partial charge in [-0.2, -0.15) is 0 Å². The molecular formula is C37H46F2O5. The molecule has 238 valence electrons. The number of hydrogen-bond acceptors (Lipinski definition) is 5. The van der Waals surface area contributed by atoms with Crippen molar-refractivity contribution in [1.82, 2.24) is 0 Å². The molecule has 44 heavy (non-hydrogen) atoms. The Hall–Kier alpha value is -3.74. The van der Waals surface area contributed by atoms with Crippen LogP contribution in [0.2, 0.25) is 0 Å². The van der Waals surface area contributed by atoms with Crippen LogP contribution in [-0.2, 0) is 4.74 Å². The number of esters is 2. The Morgan fingerprint density at radius 1 is 0.636 bits per heavy atom. The predicted octanol–water partition coefficient (Wildman–Crippen LogP) is 10.5. The lowest BCUT2D eigenvalue weighted by Gasteiger charge is -2.14. The predicted molar refractivity (Wildman–Crippen MR) is 170 cm³/mol. The van der Waals surface area contributed by atoms with Crippen LogP contribution in [0.3, 0.4) is 0 Å². The molecule has 0 unspecified atom stereocenters. The lowest BCUT2D eigenvalue weighted by molar-refractivity contribution is 0.0314. The number of carbonyl (C=O) groups is 2. The highest BCUT2D eigenvalue weighted by Gasteiger charge is 2.20. The van der Waals surface area contributed by atoms with Gasteiger partial charge in [-0.15, -0.1) is 0 Å². The van der Waals surface area contributed by atoms with E-state index in [1.807, 2.05) is 24.3 Å². The van der Waals surface area contributed by atoms with Crippen LogP contribution in [0.4, 0.5) is 8.78 Å². The molecular weight excluding hydrogens is 562 g/mol. The Morgan fingerprint density at radius 3 is 1.84 bits per heavy atom. The summed E-state index contributed by atoms with van der Waals surface area (Å²) in [5.74, 6) is -2.79. The number of rotatable bonds is 19. The van der Waals surface area contributed by atoms with Gasteiger partial charge in [0.05, 0.1) is 23.8 Å². The van der Waals surface area contributed by atoms with Gasteiger partial charge in [-0.3, -0.25) is 0 Å². The van der Waals surface area contributed by atoms with Crippen LogP contribution < -0.4 is 9.47 Å². The Morgan fingerprint density at radius 2 is 1.18 bits per heavy atom. The van der Waals surface area contributed by atoms with Crippen molar-refractivity contribution in [3.63, 3.8) is 0 Å². The summed E-state index contributed by atoms with van der Waals surface area (Å²) < 4.78 is 46.0. The van der Waals surface area contributed by atoms with Crippen LogP contribution in [0, 0.1) is 11.6 Å². The van der Waals surface area contributed by atoms with Crippen molar-refractivity contribution in [2.75, 3.05) is 6.61 Å². The van der Waals surface area contributed by atoms with Crippen molar-refractivity contribution in [1.29, 1.82) is 0 Å². The quantitative estimate of drug-likeness (QED) is 0.0770. The Bertz CT molecular complexity index is 1320. The summed E-state index contributed by atoms with van der Waals surface area (Å²) in [6, 6.07) is 15.0. The van der Waals surface area contributed by atoms with E-state index in [1.54, 1.807) is 13.0 Å². The van der Waals surface area contributed by atoms with E-state index in [2.05, 4.69) is 13.8 Å². The van der Waals surface area contributed by atoms with E-state index < -0.39 is 23.6 Å². The molecule has 0 aliphatic rings. The number of halogens is 2. The molecule has 3 aromatic carbocycles. The Labute approximate surface area is 260 Å². The summed E-state index contributed by atoms with van der Waals surface area (Å²) in [4.78, 5) is 25.1. The third-order valence-electron chi connectivity index (χ3n) is 7.54. The van der Waals surface area contributed by atoms with Gasteiger partial charge in [-0.1, -0.05) is 89.8 Å². The zero-order chi connectivity index (χ0) is 31.7. The fourth-order valence-corrected chi connectivity index (χ4v) is 4.90. The van der Waals surface area contributed by atoms with E-state index in [0.717, 1.165) is 55.9 Å². The van der Waals surface area contributed by atoms with E-state index in [1.165, 1.54) is 56.4 Å². The third-order valence-corrected chi connectivity index (χ3v) is 7.54. The smallest absolute Gasteiger partial charge is 0.346 e. The first kappa shape index (κ1) is 34.7. The van der Waals surface area contributed by atoms with Crippen molar-refractivity contribution in [3.05, 3.63) is 83.4 Å². The van der Waals surface area contributed by atoms with Crippen LogP contribution in [0.5, 0.6) is 11.5 Å². The SMILES string of the molecule is CCCCCCCCCOc1ccc(-c2ccc(C(=O)Oc3ccc(C(=O)O[C@H](C)CCCCCC)c(F)c3)c(F)c2)cc1. The standard InChI is InChI=1S/C37H46F2O5/c1-4-6-8-10-11-12-14-24-42-30-19-16-28(17-20-30)29-18-22-32(34(38)25-29)37(41)44-31-21-23-33(35(39)26-31)36(40)43-27(3)15-13-9-7-5-2/h16-23,25-27H,4-15,24H2,1-3H3/t27-/m1/s1. The van der Waals surface area contributed by atoms with Crippen LogP contribution in [0.15, 0.2) is 60.7 Å². The van der Waals surface area contributed by atoms with Crippen LogP contribution >= 0.6 is 0 Å². The third kappa shape index (κ3) is 11.4. The Balaban J connectivity index is 1.51. The van der Waals surface area contributed by atoms with E-state index in [0.29, 0.717) is 18.6 Å². The fraction of sp³-hybridized carbons (Fsp3) is 0.459. The highest BCUT2D eigenvalue weighted by atomic mass is 19.1. The molecule has 3 rings (SSSR count). The van der Waals surface area contributed by atoms with Crippen LogP contribution in [0.1, 0.15) is 119 Å². The molecule has 0 aromatic heterocycles. The maximum absolute atomic E-state index is 14.9. The second-order valence-electron chi connectivity index (χ2n) is 11.3. The van der Waals surface area contributed by atoms with E-state index >= 15 is 0 Å². The van der Waals surface area contributed by atoms with Crippen molar-refractivity contribution >= 4 is 11.9 Å². The molecule has 0 fully saturated rings. The van der Waals surface area contributed by atoms with Gasteiger partial charge in [-0.25, -0.2) is 18.4 Å². The monoisotopic (exact) mass is 608 g/mol. The molecule has 0 aliphatic heterocycles. The normalized spacial score (nSPS) is 11.7. The first-order chi connectivity index (χ1) is 21.3. The van der Waals surface area contributed by atoms with Crippen molar-refractivity contribution in [2.45, 2.75) is 104 Å². The van der Waals surface area contributed by atoms with Gasteiger partial charge in [0, 0.05) is 6.07 Å². The topological polar surface area (TPSA) is 61.8 Å². The van der Waals surface area contributed by atoms with Crippen molar-refractivity contribution in [2.24, 2.45) is 0 Å². The van der Waals surface area contributed by atoms with Gasteiger partial charge >= 0.3 is 11.9 Å². The molecule has 0 radical (unpaired) electrons. The number of benzene rings is 3. The summed E-state index contributed by atoms with van der Waals surface area (Å²) in [7, 11) is 0. The van der Waals surface area contributed by atoms with Gasteiger partial charge in [0.25, 0.3) is 0 Å². The largest absolute Gasteiger partial charge is 0.494 e. The molecule has 0 N–H and O–H groups in total. The second-order valence-corrected chi connectivity index (χ2v) is 11.3. The van der Waals surface area contributed by atoms with Gasteiger partial charge < -0.3 is 14.2 Å². The molecule has 3 aromatic rings. The molecule has 0 heterocycles. The van der Waals surface area contributed by atoms with Gasteiger partial charge in [0.2, 0.25) is 0 Å². The summed E-state index contributed by atoms with van der Waals surface area (Å²) in [6.45, 7) is 6.77. The number of ether oxygens (including phenoxy) is 3. The minimum absolute atomic E-state index is 0.146. The lowest BCUT2D eigenvalue weighted by Crippen LogP contribution is -2.16. The summed E-state index contributed by atoms with van der Waals surface area (Å²) in [5.41, 5.74) is 0.817. The van der Waals surface area contributed by atoms with Crippen molar-refractivity contribution in [3.8, 4) is 22.6 Å². The van der Waals surface area contributed by atoms with Gasteiger partial charge in [0.15, 0.2) is 0 Å². The van der Waals surface area contributed by atoms with Crippen LogP contribution in [-0.4, -0.2) is 24.6 Å². The number of hydrogen-bond donors (Lipinski definition) is 0. The first-order valence-electron chi connectivity index (χ1n) is 16.1. The summed E-state index contributed by atoms with van der Waals surface area (Å²) in [6.07, 6.45) is 13.1. The highest BCUT2D eigenvalue weighted by molar-refractivity contribution is 5.93. The maximum Gasteiger partial charge on any atom is 0.346 e. The van der Waals surface area contributed by atoms with Gasteiger partial charge in [-0.05, 0) is 73.7 Å². The number of carbonyl (C=O) groups excluding carboxylic acids is 2. The fourth-order valence-electron chi connectivity index (χ4n) is 4.90. The Kier molecular flexibility index (Phi) is 14.9. The molecule has 0 saturated carbocycles. The second kappa shape index (κ2) is 18.8. The highest BCUT2D eigenvalue weighted by Crippen LogP contribution is 2.26. The van der Waals surface area contributed by atoms with E-state index in [4.69, 9.17) is 14.2 Å². The molecule has 0 spiro atoms. The zero-order valence-electron chi connectivity index (χ0n) is 26.3. The zero-order valence-corrected chi connectivity index (χ0v) is 26.3. The van der Waals surface area contributed by atoms with Crippen LogP contribution in [0.25, 0.3) is 11.1 Å². The molecule has 0 aliphatic carbocycles. The molecule has 0 bridgehead atoms. The summed E-state index contributed by atoms with van der Waals surface area (Å²) in [5, 5.41) is 0. The van der Waals surface area contributed by atoms with Gasteiger partial charge in [0.1, 0.15) is 23.1 Å². The van der Waals surface area contributed by atoms with Crippen molar-refractivity contribution < 1.29 is 32.6 Å². The minimum atomic E-state index is -0.974. The average molecular weight is 609 g/mol. The molecule has 1 atom stereocenters. The first-order valence-corrected chi connectivity index (χ1v) is 16.1. The summed E-state index contributed by atoms with van der Waals surface area (Å²) >= 11 is 0. The lowest BCUT2D eigenvalue weighted by atomic mass is 10.0. The van der Waals surface area contributed by atoms with E-state index in [9.17, 15) is 18.4 Å². The minimum Gasteiger partial charge on any atom is -0.494 e. The average Bonchev–Trinajstić information content (AvgIpc) is 3.01. The van der Waals surface area contributed by atoms with E-state index in [-0.39, 0.29) is 23.0 Å². The maximum atomic E-state index is 14.9. The molecule has 7 heteroatoms.